The van der Waals surface area contributed by atoms with E-state index in [4.69, 9.17) is 9.84 Å². The monoisotopic (exact) mass is 346 g/mol. The van der Waals surface area contributed by atoms with E-state index in [1.54, 1.807) is 12.1 Å². The van der Waals surface area contributed by atoms with E-state index in [1.165, 1.54) is 11.1 Å². The van der Waals surface area contributed by atoms with Crippen LogP contribution < -0.4 is 4.74 Å². The summed E-state index contributed by atoms with van der Waals surface area (Å²) in [5.41, 5.74) is 2.76. The minimum Gasteiger partial charge on any atom is -0.486 e. The summed E-state index contributed by atoms with van der Waals surface area (Å²) in [4.78, 5) is 11.1. The zero-order valence-electron chi connectivity index (χ0n) is 11.4. The van der Waals surface area contributed by atoms with Gasteiger partial charge in [-0.15, -0.1) is 0 Å². The van der Waals surface area contributed by atoms with Crippen molar-refractivity contribution in [1.29, 1.82) is 0 Å². The molecule has 2 aromatic rings. The van der Waals surface area contributed by atoms with Gasteiger partial charge in [-0.1, -0.05) is 40.2 Å². The fourth-order valence-electron chi connectivity index (χ4n) is 2.75. The van der Waals surface area contributed by atoms with Gasteiger partial charge in [-0.2, -0.15) is 0 Å². The van der Waals surface area contributed by atoms with Crippen molar-refractivity contribution in [1.82, 2.24) is 0 Å². The summed E-state index contributed by atoms with van der Waals surface area (Å²) in [6.07, 6.45) is 3.10. The van der Waals surface area contributed by atoms with Crippen molar-refractivity contribution >= 4 is 21.9 Å². The number of carboxylic acids is 1. The molecule has 3 nitrogen and oxygen atoms in total. The van der Waals surface area contributed by atoms with E-state index in [9.17, 15) is 4.79 Å². The van der Waals surface area contributed by atoms with Gasteiger partial charge in [0, 0.05) is 4.47 Å². The van der Waals surface area contributed by atoms with Gasteiger partial charge in [0.05, 0.1) is 5.56 Å². The van der Waals surface area contributed by atoms with Crippen LogP contribution >= 0.6 is 15.9 Å². The molecule has 0 bridgehead atoms. The van der Waals surface area contributed by atoms with Crippen LogP contribution in [0.5, 0.6) is 5.75 Å². The van der Waals surface area contributed by atoms with E-state index in [0.29, 0.717) is 10.2 Å². The van der Waals surface area contributed by atoms with E-state index in [1.807, 2.05) is 18.2 Å². The molecule has 0 heterocycles. The Labute approximate surface area is 131 Å². The van der Waals surface area contributed by atoms with Crippen molar-refractivity contribution in [3.05, 3.63) is 63.6 Å². The Hall–Kier alpha value is -1.81. The van der Waals surface area contributed by atoms with E-state index in [2.05, 4.69) is 28.1 Å². The van der Waals surface area contributed by atoms with Gasteiger partial charge >= 0.3 is 5.97 Å². The van der Waals surface area contributed by atoms with Gasteiger partial charge in [0.15, 0.2) is 0 Å². The molecule has 21 heavy (non-hydrogen) atoms. The summed E-state index contributed by atoms with van der Waals surface area (Å²) in [5, 5.41) is 9.12. The molecule has 1 aliphatic rings. The lowest BCUT2D eigenvalue weighted by molar-refractivity contribution is 0.0695. The molecule has 4 heteroatoms. The summed E-state index contributed by atoms with van der Waals surface area (Å²) in [6.45, 7) is 0. The van der Waals surface area contributed by atoms with Crippen LogP contribution in [0.1, 0.15) is 40.4 Å². The van der Waals surface area contributed by atoms with Crippen LogP contribution in [0.15, 0.2) is 46.9 Å². The fourth-order valence-corrected chi connectivity index (χ4v) is 3.22. The van der Waals surface area contributed by atoms with Gasteiger partial charge in [-0.05, 0) is 48.6 Å². The number of carboxylic acid groups (broad SMARTS) is 1. The number of fused-ring (bicyclic) bond motifs is 1. The highest BCUT2D eigenvalue weighted by molar-refractivity contribution is 9.10. The van der Waals surface area contributed by atoms with Gasteiger partial charge in [0.25, 0.3) is 0 Å². The molecule has 0 aromatic heterocycles. The Morgan fingerprint density at radius 3 is 2.86 bits per heavy atom. The Kier molecular flexibility index (Phi) is 3.97. The third kappa shape index (κ3) is 3.10. The predicted molar refractivity (Wildman–Crippen MR) is 83.9 cm³/mol. The number of halogens is 1. The second-order valence-corrected chi connectivity index (χ2v) is 6.09. The van der Waals surface area contributed by atoms with Crippen LogP contribution in [-0.2, 0) is 6.42 Å². The number of rotatable bonds is 3. The Morgan fingerprint density at radius 1 is 1.24 bits per heavy atom. The quantitative estimate of drug-likeness (QED) is 0.882. The molecule has 0 radical (unpaired) electrons. The number of hydrogen-bond acceptors (Lipinski definition) is 2. The largest absolute Gasteiger partial charge is 0.486 e. The molecule has 1 atom stereocenters. The molecule has 0 fully saturated rings. The average molecular weight is 347 g/mol. The van der Waals surface area contributed by atoms with Gasteiger partial charge in [-0.25, -0.2) is 4.79 Å². The molecule has 1 N–H and O–H groups in total. The van der Waals surface area contributed by atoms with Crippen molar-refractivity contribution < 1.29 is 14.6 Å². The maximum Gasteiger partial charge on any atom is 0.335 e. The predicted octanol–water partition coefficient (Wildman–Crippen LogP) is 4.60. The lowest BCUT2D eigenvalue weighted by atomic mass is 9.89. The van der Waals surface area contributed by atoms with Crippen LogP contribution in [0.4, 0.5) is 0 Å². The lowest BCUT2D eigenvalue weighted by Crippen LogP contribution is -2.15. The SMILES string of the molecule is O=C(O)c1cc(Br)cc(OC2CCCc3ccccc32)c1. The van der Waals surface area contributed by atoms with Crippen LogP contribution in [0, 0.1) is 0 Å². The average Bonchev–Trinajstić information content (AvgIpc) is 2.47. The highest BCUT2D eigenvalue weighted by atomic mass is 79.9. The van der Waals surface area contributed by atoms with Gasteiger partial charge in [0.1, 0.15) is 11.9 Å². The van der Waals surface area contributed by atoms with E-state index in [0.717, 1.165) is 19.3 Å². The first-order chi connectivity index (χ1) is 10.1. The summed E-state index contributed by atoms with van der Waals surface area (Å²) in [6, 6.07) is 13.2. The first kappa shape index (κ1) is 14.1. The third-order valence-electron chi connectivity index (χ3n) is 3.71. The first-order valence-electron chi connectivity index (χ1n) is 6.92. The summed E-state index contributed by atoms with van der Waals surface area (Å²) in [5.74, 6) is -0.367. The van der Waals surface area contributed by atoms with Crippen molar-refractivity contribution in [2.75, 3.05) is 0 Å². The van der Waals surface area contributed by atoms with Crippen LogP contribution in [-0.4, -0.2) is 11.1 Å². The first-order valence-corrected chi connectivity index (χ1v) is 7.71. The number of hydrogen-bond donors (Lipinski definition) is 1. The highest BCUT2D eigenvalue weighted by Gasteiger charge is 2.21. The molecular formula is C17H15BrO3. The van der Waals surface area contributed by atoms with Gasteiger partial charge in [-0.3, -0.25) is 0 Å². The Bertz CT molecular complexity index is 681. The number of carbonyl (C=O) groups is 1. The number of ether oxygens (including phenoxy) is 1. The zero-order valence-corrected chi connectivity index (χ0v) is 13.0. The third-order valence-corrected chi connectivity index (χ3v) is 4.17. The summed E-state index contributed by atoms with van der Waals surface area (Å²) in [7, 11) is 0. The second-order valence-electron chi connectivity index (χ2n) is 5.18. The molecule has 0 aliphatic heterocycles. The molecule has 1 aliphatic carbocycles. The van der Waals surface area contributed by atoms with Crippen molar-refractivity contribution in [2.24, 2.45) is 0 Å². The van der Waals surface area contributed by atoms with E-state index < -0.39 is 5.97 Å². The summed E-state index contributed by atoms with van der Waals surface area (Å²) < 4.78 is 6.77. The molecular weight excluding hydrogens is 332 g/mol. The number of aromatic carboxylic acids is 1. The number of benzene rings is 2. The molecule has 3 rings (SSSR count). The molecule has 0 saturated heterocycles. The lowest BCUT2D eigenvalue weighted by Gasteiger charge is -2.26. The fraction of sp³-hybridized carbons (Fsp3) is 0.235. The minimum absolute atomic E-state index is 0.00843. The molecule has 1 unspecified atom stereocenters. The molecule has 0 spiro atoms. The van der Waals surface area contributed by atoms with Crippen molar-refractivity contribution in [2.45, 2.75) is 25.4 Å². The molecule has 108 valence electrons. The maximum absolute atomic E-state index is 11.1. The smallest absolute Gasteiger partial charge is 0.335 e. The topological polar surface area (TPSA) is 46.5 Å². The van der Waals surface area contributed by atoms with Gasteiger partial charge in [0.2, 0.25) is 0 Å². The standard InChI is InChI=1S/C17H15BrO3/c18-13-8-12(17(19)20)9-14(10-13)21-16-7-3-5-11-4-1-2-6-15(11)16/h1-2,4,6,8-10,16H,3,5,7H2,(H,19,20). The number of aryl methyl sites for hydroxylation is 1. The van der Waals surface area contributed by atoms with Crippen molar-refractivity contribution in [3.8, 4) is 5.75 Å². The van der Waals surface area contributed by atoms with Crippen molar-refractivity contribution in [3.63, 3.8) is 0 Å². The molecule has 0 saturated carbocycles. The normalized spacial score (nSPS) is 17.1. The van der Waals surface area contributed by atoms with Gasteiger partial charge < -0.3 is 9.84 Å². The zero-order chi connectivity index (χ0) is 14.8. The molecule has 2 aromatic carbocycles. The van der Waals surface area contributed by atoms with Crippen LogP contribution in [0.25, 0.3) is 0 Å². The molecule has 0 amide bonds. The maximum atomic E-state index is 11.1. The van der Waals surface area contributed by atoms with Crippen LogP contribution in [0.2, 0.25) is 0 Å². The Balaban J connectivity index is 1.90. The van der Waals surface area contributed by atoms with Crippen LogP contribution in [0.3, 0.4) is 0 Å². The van der Waals surface area contributed by atoms with E-state index >= 15 is 0 Å². The second kappa shape index (κ2) is 5.90. The highest BCUT2D eigenvalue weighted by Crippen LogP contribution is 2.34. The minimum atomic E-state index is -0.954. The van der Waals surface area contributed by atoms with E-state index in [-0.39, 0.29) is 11.7 Å². The Morgan fingerprint density at radius 2 is 2.05 bits per heavy atom. The summed E-state index contributed by atoms with van der Waals surface area (Å²) >= 11 is 3.33.